The Morgan fingerprint density at radius 3 is 2.43 bits per heavy atom. The topological polar surface area (TPSA) is 139 Å². The lowest BCUT2D eigenvalue weighted by Gasteiger charge is -2.18. The molecule has 0 amide bonds. The van der Waals surface area contributed by atoms with Gasteiger partial charge in [0, 0.05) is 28.1 Å². The third kappa shape index (κ3) is 2.58. The molecular formula is C20H12N6O4. The molecule has 0 fully saturated rings. The molecule has 0 atom stereocenters. The zero-order chi connectivity index (χ0) is 20.8. The number of hydrogen-bond acceptors (Lipinski definition) is 7. The molecule has 10 nitrogen and oxygen atoms in total. The van der Waals surface area contributed by atoms with Gasteiger partial charge in [-0.25, -0.2) is 0 Å². The van der Waals surface area contributed by atoms with Crippen LogP contribution in [-0.4, -0.2) is 25.8 Å². The van der Waals surface area contributed by atoms with Gasteiger partial charge in [-0.1, -0.05) is 36.4 Å². The first-order valence-electron chi connectivity index (χ1n) is 8.88. The molecule has 30 heavy (non-hydrogen) atoms. The summed E-state index contributed by atoms with van der Waals surface area (Å²) < 4.78 is 0. The van der Waals surface area contributed by atoms with Crippen molar-refractivity contribution >= 4 is 33.7 Å². The highest BCUT2D eigenvalue weighted by Crippen LogP contribution is 2.38. The van der Waals surface area contributed by atoms with Crippen molar-refractivity contribution in [3.05, 3.63) is 92.0 Å². The SMILES string of the molecule is O=[N+]([O-])c1ccc(N/N=C2\c3ccccc3-c3n[nH]c4cccc2c34)c([N+](=O)[O-])c1. The van der Waals surface area contributed by atoms with Gasteiger partial charge in [0.2, 0.25) is 0 Å². The van der Waals surface area contributed by atoms with Crippen LogP contribution in [-0.2, 0) is 0 Å². The summed E-state index contributed by atoms with van der Waals surface area (Å²) in [6, 6.07) is 16.7. The summed E-state index contributed by atoms with van der Waals surface area (Å²) in [4.78, 5) is 21.0. The van der Waals surface area contributed by atoms with E-state index in [1.807, 2.05) is 42.5 Å². The summed E-state index contributed by atoms with van der Waals surface area (Å²) >= 11 is 0. The molecular weight excluding hydrogens is 388 g/mol. The fourth-order valence-electron chi connectivity index (χ4n) is 3.62. The summed E-state index contributed by atoms with van der Waals surface area (Å²) in [6.45, 7) is 0. The predicted molar refractivity (Wildman–Crippen MR) is 111 cm³/mol. The molecule has 10 heteroatoms. The summed E-state index contributed by atoms with van der Waals surface area (Å²) in [7, 11) is 0. The highest BCUT2D eigenvalue weighted by atomic mass is 16.6. The van der Waals surface area contributed by atoms with Gasteiger partial charge in [-0.2, -0.15) is 10.2 Å². The summed E-state index contributed by atoms with van der Waals surface area (Å²) in [5.41, 5.74) is 6.79. The number of aromatic nitrogens is 2. The molecule has 0 saturated heterocycles. The van der Waals surface area contributed by atoms with E-state index in [0.29, 0.717) is 5.71 Å². The van der Waals surface area contributed by atoms with E-state index in [0.717, 1.165) is 39.4 Å². The van der Waals surface area contributed by atoms with Crippen LogP contribution in [0.5, 0.6) is 0 Å². The number of fused-ring (bicyclic) bond motifs is 2. The zero-order valence-corrected chi connectivity index (χ0v) is 15.2. The number of anilines is 1. The smallest absolute Gasteiger partial charge is 0.277 e. The van der Waals surface area contributed by atoms with Crippen LogP contribution >= 0.6 is 0 Å². The van der Waals surface area contributed by atoms with Crippen molar-refractivity contribution in [3.8, 4) is 11.3 Å². The van der Waals surface area contributed by atoms with Crippen LogP contribution in [0.3, 0.4) is 0 Å². The zero-order valence-electron chi connectivity index (χ0n) is 15.2. The molecule has 1 aliphatic carbocycles. The van der Waals surface area contributed by atoms with E-state index in [9.17, 15) is 20.2 Å². The van der Waals surface area contributed by atoms with Crippen molar-refractivity contribution in [2.45, 2.75) is 0 Å². The largest absolute Gasteiger partial charge is 0.301 e. The average Bonchev–Trinajstić information content (AvgIpc) is 3.19. The number of nitrogens with zero attached hydrogens (tertiary/aromatic N) is 4. The lowest BCUT2D eigenvalue weighted by Crippen LogP contribution is -2.12. The van der Waals surface area contributed by atoms with Crippen molar-refractivity contribution in [1.29, 1.82) is 0 Å². The Labute approximate surface area is 168 Å². The van der Waals surface area contributed by atoms with Crippen molar-refractivity contribution in [2.24, 2.45) is 5.10 Å². The van der Waals surface area contributed by atoms with Crippen molar-refractivity contribution in [2.75, 3.05) is 5.43 Å². The standard InChI is InChI=1S/C20H12N6O4/c27-25(28)11-8-9-15(17(10-11)26(29)30)21-23-19-12-4-1-2-5-13(12)20-18-14(19)6-3-7-16(18)22-24-20/h1-10,21H,(H,22,24)/b23-19+. The number of non-ortho nitro benzene ring substituents is 1. The molecule has 1 aromatic heterocycles. The molecule has 0 aliphatic heterocycles. The molecule has 5 rings (SSSR count). The van der Waals surface area contributed by atoms with Crippen molar-refractivity contribution in [1.82, 2.24) is 10.2 Å². The Balaban J connectivity index is 1.67. The van der Waals surface area contributed by atoms with Gasteiger partial charge < -0.3 is 0 Å². The van der Waals surface area contributed by atoms with Crippen molar-refractivity contribution in [3.63, 3.8) is 0 Å². The molecule has 1 aliphatic rings. The Morgan fingerprint density at radius 1 is 0.900 bits per heavy atom. The molecule has 4 aromatic rings. The average molecular weight is 400 g/mol. The molecule has 2 N–H and O–H groups in total. The van der Waals surface area contributed by atoms with Gasteiger partial charge in [0.05, 0.1) is 27.1 Å². The Bertz CT molecular complexity index is 1390. The van der Waals surface area contributed by atoms with E-state index in [1.54, 1.807) is 0 Å². The summed E-state index contributed by atoms with van der Waals surface area (Å²) in [5.74, 6) is 0. The predicted octanol–water partition coefficient (Wildman–Crippen LogP) is 4.22. The number of hydrazone groups is 1. The van der Waals surface area contributed by atoms with Gasteiger partial charge in [0.1, 0.15) is 11.4 Å². The van der Waals surface area contributed by atoms with Gasteiger partial charge >= 0.3 is 5.69 Å². The Kier molecular flexibility index (Phi) is 3.78. The van der Waals surface area contributed by atoms with Gasteiger partial charge in [-0.05, 0) is 12.1 Å². The minimum atomic E-state index is -0.681. The number of nitro groups is 2. The van der Waals surface area contributed by atoms with Gasteiger partial charge in [-0.3, -0.25) is 30.8 Å². The molecule has 146 valence electrons. The van der Waals surface area contributed by atoms with E-state index in [-0.39, 0.29) is 11.4 Å². The van der Waals surface area contributed by atoms with E-state index in [2.05, 4.69) is 20.7 Å². The first-order valence-corrected chi connectivity index (χ1v) is 8.88. The second-order valence-electron chi connectivity index (χ2n) is 6.63. The first kappa shape index (κ1) is 17.5. The number of aromatic amines is 1. The van der Waals surface area contributed by atoms with Crippen LogP contribution in [0.25, 0.3) is 22.2 Å². The Hall–Kier alpha value is -4.60. The molecule has 0 bridgehead atoms. The number of nitro benzene ring substituents is 2. The molecule has 3 aromatic carbocycles. The normalized spacial score (nSPS) is 13.3. The number of nitrogens with one attached hydrogen (secondary N) is 2. The third-order valence-corrected chi connectivity index (χ3v) is 4.96. The third-order valence-electron chi connectivity index (χ3n) is 4.96. The molecule has 1 heterocycles. The lowest BCUT2D eigenvalue weighted by atomic mass is 9.87. The van der Waals surface area contributed by atoms with E-state index >= 15 is 0 Å². The molecule has 0 radical (unpaired) electrons. The van der Waals surface area contributed by atoms with Gasteiger partial charge in [-0.15, -0.1) is 0 Å². The van der Waals surface area contributed by atoms with Gasteiger partial charge in [0.25, 0.3) is 5.69 Å². The molecule has 0 spiro atoms. The van der Waals surface area contributed by atoms with Crippen LogP contribution in [0, 0.1) is 20.2 Å². The number of hydrogen-bond donors (Lipinski definition) is 2. The summed E-state index contributed by atoms with van der Waals surface area (Å²) in [5, 5.41) is 35.2. The quantitative estimate of drug-likeness (QED) is 0.342. The summed E-state index contributed by atoms with van der Waals surface area (Å²) in [6.07, 6.45) is 0. The van der Waals surface area contributed by atoms with Crippen molar-refractivity contribution < 1.29 is 9.85 Å². The number of rotatable bonds is 4. The van der Waals surface area contributed by atoms with Crippen LogP contribution in [0.1, 0.15) is 11.1 Å². The van der Waals surface area contributed by atoms with Crippen LogP contribution in [0.15, 0.2) is 65.8 Å². The highest BCUT2D eigenvalue weighted by Gasteiger charge is 2.26. The number of benzene rings is 3. The second-order valence-corrected chi connectivity index (χ2v) is 6.63. The fourth-order valence-corrected chi connectivity index (χ4v) is 3.62. The monoisotopic (exact) mass is 400 g/mol. The number of H-pyrrole nitrogens is 1. The molecule has 0 unspecified atom stereocenters. The van der Waals surface area contributed by atoms with Crippen LogP contribution < -0.4 is 5.43 Å². The minimum absolute atomic E-state index is 0.0562. The fraction of sp³-hybridized carbons (Fsp3) is 0. The Morgan fingerprint density at radius 2 is 1.67 bits per heavy atom. The maximum Gasteiger partial charge on any atom is 0.301 e. The maximum atomic E-state index is 11.4. The maximum absolute atomic E-state index is 11.4. The molecule has 0 saturated carbocycles. The van der Waals surface area contributed by atoms with Crippen LogP contribution in [0.4, 0.5) is 17.1 Å². The van der Waals surface area contributed by atoms with E-state index < -0.39 is 15.5 Å². The second kappa shape index (κ2) is 6.48. The highest BCUT2D eigenvalue weighted by molar-refractivity contribution is 6.27. The lowest BCUT2D eigenvalue weighted by molar-refractivity contribution is -0.393. The first-order chi connectivity index (χ1) is 14.5. The minimum Gasteiger partial charge on any atom is -0.277 e. The van der Waals surface area contributed by atoms with E-state index in [1.165, 1.54) is 12.1 Å². The van der Waals surface area contributed by atoms with E-state index in [4.69, 9.17) is 0 Å². The van der Waals surface area contributed by atoms with Gasteiger partial charge in [0.15, 0.2) is 0 Å². The van der Waals surface area contributed by atoms with Crippen LogP contribution in [0.2, 0.25) is 0 Å².